The van der Waals surface area contributed by atoms with Gasteiger partial charge in [0.2, 0.25) is 5.91 Å². The van der Waals surface area contributed by atoms with Crippen molar-refractivity contribution in [1.29, 1.82) is 0 Å². The third-order valence-electron chi connectivity index (χ3n) is 4.42. The maximum Gasteiger partial charge on any atom is 0.224 e. The quantitative estimate of drug-likeness (QED) is 0.872. The summed E-state index contributed by atoms with van der Waals surface area (Å²) in [6.45, 7) is 4.97. The average Bonchev–Trinajstić information content (AvgIpc) is 2.94. The number of nitrogens with zero attached hydrogens (tertiary/aromatic N) is 3. The predicted molar refractivity (Wildman–Crippen MR) is 72.5 cm³/mol. The number of nitrogens with one attached hydrogen (secondary N) is 1. The number of carbonyl (C=O) groups is 1. The Kier molecular flexibility index (Phi) is 3.31. The smallest absolute Gasteiger partial charge is 0.224 e. The molecule has 5 heteroatoms. The van der Waals surface area contributed by atoms with E-state index in [1.165, 1.54) is 11.3 Å². The van der Waals surface area contributed by atoms with Crippen LogP contribution >= 0.6 is 0 Å². The van der Waals surface area contributed by atoms with E-state index >= 15 is 0 Å². The number of piperidine rings is 1. The molecular weight excluding hydrogens is 240 g/mol. The number of rotatable bonds is 3. The highest BCUT2D eigenvalue weighted by atomic mass is 16.2. The SMILES string of the molecule is CCc1nn(C)cc1CN1CCC[C@H]2C(=O)NC[C@H]21. The van der Waals surface area contributed by atoms with Gasteiger partial charge in [-0.2, -0.15) is 5.10 Å². The van der Waals surface area contributed by atoms with E-state index in [2.05, 4.69) is 28.4 Å². The van der Waals surface area contributed by atoms with Crippen LogP contribution in [0.5, 0.6) is 0 Å². The summed E-state index contributed by atoms with van der Waals surface area (Å²) in [7, 11) is 1.97. The first-order valence-corrected chi connectivity index (χ1v) is 7.22. The zero-order chi connectivity index (χ0) is 13.4. The molecule has 2 atom stereocenters. The van der Waals surface area contributed by atoms with Gasteiger partial charge < -0.3 is 5.32 Å². The van der Waals surface area contributed by atoms with Gasteiger partial charge in [0, 0.05) is 37.9 Å². The molecule has 2 saturated heterocycles. The number of hydrogen-bond donors (Lipinski definition) is 1. The summed E-state index contributed by atoms with van der Waals surface area (Å²) in [4.78, 5) is 14.2. The first-order valence-electron chi connectivity index (χ1n) is 7.22. The van der Waals surface area contributed by atoms with E-state index in [4.69, 9.17) is 0 Å². The van der Waals surface area contributed by atoms with Crippen LogP contribution in [-0.4, -0.2) is 39.7 Å². The van der Waals surface area contributed by atoms with Gasteiger partial charge in [-0.1, -0.05) is 6.92 Å². The van der Waals surface area contributed by atoms with Crippen molar-refractivity contribution in [3.05, 3.63) is 17.5 Å². The lowest BCUT2D eigenvalue weighted by molar-refractivity contribution is -0.124. The Hall–Kier alpha value is -1.36. The molecule has 0 radical (unpaired) electrons. The van der Waals surface area contributed by atoms with Gasteiger partial charge in [-0.15, -0.1) is 0 Å². The monoisotopic (exact) mass is 262 g/mol. The topological polar surface area (TPSA) is 50.2 Å². The Bertz CT molecular complexity index is 482. The fourth-order valence-corrected chi connectivity index (χ4v) is 3.47. The largest absolute Gasteiger partial charge is 0.354 e. The summed E-state index contributed by atoms with van der Waals surface area (Å²) in [5, 5.41) is 7.51. The number of fused-ring (bicyclic) bond motifs is 1. The number of aryl methyl sites for hydroxylation is 2. The molecule has 19 heavy (non-hydrogen) atoms. The first kappa shape index (κ1) is 12.7. The van der Waals surface area contributed by atoms with Crippen LogP contribution in [0.3, 0.4) is 0 Å². The van der Waals surface area contributed by atoms with E-state index in [0.717, 1.165) is 38.9 Å². The maximum absolute atomic E-state index is 11.8. The molecule has 2 aliphatic rings. The molecule has 0 saturated carbocycles. The van der Waals surface area contributed by atoms with Crippen molar-refractivity contribution in [3.8, 4) is 0 Å². The van der Waals surface area contributed by atoms with Gasteiger partial charge in [0.15, 0.2) is 0 Å². The molecule has 3 rings (SSSR count). The molecule has 104 valence electrons. The summed E-state index contributed by atoms with van der Waals surface area (Å²) < 4.78 is 1.90. The summed E-state index contributed by atoms with van der Waals surface area (Å²) in [5.41, 5.74) is 2.49. The molecule has 1 aromatic rings. The molecule has 2 aliphatic heterocycles. The predicted octanol–water partition coefficient (Wildman–Crippen LogP) is 0.693. The van der Waals surface area contributed by atoms with Gasteiger partial charge in [-0.3, -0.25) is 14.4 Å². The summed E-state index contributed by atoms with van der Waals surface area (Å²) in [6.07, 6.45) is 5.25. The minimum atomic E-state index is 0.204. The highest BCUT2D eigenvalue weighted by Crippen LogP contribution is 2.28. The average molecular weight is 262 g/mol. The van der Waals surface area contributed by atoms with Crippen molar-refractivity contribution in [3.63, 3.8) is 0 Å². The standard InChI is InChI=1S/C14H22N4O/c1-3-12-10(8-17(2)16-12)9-18-6-4-5-11-13(18)7-15-14(11)19/h8,11,13H,3-7,9H2,1-2H3,(H,15,19)/t11-,13-/m1/s1. The van der Waals surface area contributed by atoms with Gasteiger partial charge in [0.05, 0.1) is 11.6 Å². The van der Waals surface area contributed by atoms with E-state index in [-0.39, 0.29) is 11.8 Å². The molecule has 0 aliphatic carbocycles. The Morgan fingerprint density at radius 1 is 1.53 bits per heavy atom. The van der Waals surface area contributed by atoms with Crippen molar-refractivity contribution in [2.45, 2.75) is 38.8 Å². The number of likely N-dealkylation sites (tertiary alicyclic amines) is 1. The highest BCUT2D eigenvalue weighted by Gasteiger charge is 2.40. The van der Waals surface area contributed by atoms with Crippen LogP contribution in [-0.2, 0) is 24.8 Å². The van der Waals surface area contributed by atoms with Crippen molar-refractivity contribution in [2.75, 3.05) is 13.1 Å². The number of aromatic nitrogens is 2. The molecular formula is C14H22N4O. The van der Waals surface area contributed by atoms with Crippen LogP contribution < -0.4 is 5.32 Å². The van der Waals surface area contributed by atoms with Crippen molar-refractivity contribution < 1.29 is 4.79 Å². The van der Waals surface area contributed by atoms with E-state index in [0.29, 0.717) is 6.04 Å². The highest BCUT2D eigenvalue weighted by molar-refractivity contribution is 5.82. The Morgan fingerprint density at radius 2 is 2.37 bits per heavy atom. The van der Waals surface area contributed by atoms with E-state index in [1.54, 1.807) is 0 Å². The summed E-state index contributed by atoms with van der Waals surface area (Å²) in [5.74, 6) is 0.451. The number of amides is 1. The summed E-state index contributed by atoms with van der Waals surface area (Å²) >= 11 is 0. The Balaban J connectivity index is 1.77. The fraction of sp³-hybridized carbons (Fsp3) is 0.714. The molecule has 5 nitrogen and oxygen atoms in total. The molecule has 2 fully saturated rings. The zero-order valence-corrected chi connectivity index (χ0v) is 11.7. The zero-order valence-electron chi connectivity index (χ0n) is 11.7. The third-order valence-corrected chi connectivity index (χ3v) is 4.42. The summed E-state index contributed by atoms with van der Waals surface area (Å²) in [6, 6.07) is 0.381. The van der Waals surface area contributed by atoms with E-state index < -0.39 is 0 Å². The maximum atomic E-state index is 11.8. The van der Waals surface area contributed by atoms with Crippen LogP contribution in [0.25, 0.3) is 0 Å². The Morgan fingerprint density at radius 3 is 3.16 bits per heavy atom. The molecule has 1 N–H and O–H groups in total. The molecule has 3 heterocycles. The van der Waals surface area contributed by atoms with Crippen LogP contribution in [0.4, 0.5) is 0 Å². The van der Waals surface area contributed by atoms with Crippen LogP contribution in [0.1, 0.15) is 31.0 Å². The normalized spacial score (nSPS) is 27.4. The van der Waals surface area contributed by atoms with Crippen molar-refractivity contribution >= 4 is 5.91 Å². The second-order valence-electron chi connectivity index (χ2n) is 5.66. The molecule has 0 unspecified atom stereocenters. The Labute approximate surface area is 114 Å². The lowest BCUT2D eigenvalue weighted by atomic mass is 9.91. The third kappa shape index (κ3) is 2.27. The van der Waals surface area contributed by atoms with Crippen LogP contribution in [0, 0.1) is 5.92 Å². The second kappa shape index (κ2) is 4.96. The molecule has 1 amide bonds. The molecule has 1 aromatic heterocycles. The second-order valence-corrected chi connectivity index (χ2v) is 5.66. The van der Waals surface area contributed by atoms with Gasteiger partial charge in [-0.05, 0) is 25.8 Å². The van der Waals surface area contributed by atoms with Gasteiger partial charge in [-0.25, -0.2) is 0 Å². The van der Waals surface area contributed by atoms with Gasteiger partial charge >= 0.3 is 0 Å². The molecule has 0 spiro atoms. The molecule has 0 aromatic carbocycles. The minimum absolute atomic E-state index is 0.204. The number of carbonyl (C=O) groups excluding carboxylic acids is 1. The van der Waals surface area contributed by atoms with Gasteiger partial charge in [0.25, 0.3) is 0 Å². The van der Waals surface area contributed by atoms with E-state index in [9.17, 15) is 4.79 Å². The number of hydrogen-bond acceptors (Lipinski definition) is 3. The fourth-order valence-electron chi connectivity index (χ4n) is 3.47. The van der Waals surface area contributed by atoms with Crippen molar-refractivity contribution in [2.24, 2.45) is 13.0 Å². The van der Waals surface area contributed by atoms with Crippen molar-refractivity contribution in [1.82, 2.24) is 20.0 Å². The van der Waals surface area contributed by atoms with E-state index in [1.807, 2.05) is 11.7 Å². The van der Waals surface area contributed by atoms with Gasteiger partial charge in [0.1, 0.15) is 0 Å². The minimum Gasteiger partial charge on any atom is -0.354 e. The van der Waals surface area contributed by atoms with Crippen LogP contribution in [0.2, 0.25) is 0 Å². The molecule has 0 bridgehead atoms. The lowest BCUT2D eigenvalue weighted by Crippen LogP contribution is -2.44. The lowest BCUT2D eigenvalue weighted by Gasteiger charge is -2.35. The first-order chi connectivity index (χ1) is 9.19. The van der Waals surface area contributed by atoms with Crippen LogP contribution in [0.15, 0.2) is 6.20 Å².